The number of rotatable bonds is 13. The highest BCUT2D eigenvalue weighted by Crippen LogP contribution is 2.76. The first-order chi connectivity index (χ1) is 22.6. The number of ether oxygens (including phenoxy) is 1. The minimum atomic E-state index is -0.578. The molecule has 4 nitrogen and oxygen atoms in total. The van der Waals surface area contributed by atoms with E-state index in [-0.39, 0.29) is 33.7 Å². The number of allylic oxidation sites excluding steroid dienone is 1. The Morgan fingerprint density at radius 2 is 1.40 bits per heavy atom. The molecule has 5 aliphatic carbocycles. The maximum atomic E-state index is 13.2. The molecule has 0 aliphatic heterocycles. The topological polar surface area (TPSA) is 66.8 Å². The largest absolute Gasteiger partial charge is 0.462 e. The van der Waals surface area contributed by atoms with Gasteiger partial charge in [0.2, 0.25) is 0 Å². The second-order valence-electron chi connectivity index (χ2n) is 19.5. The summed E-state index contributed by atoms with van der Waals surface area (Å²) in [5.74, 6) is 2.31. The van der Waals surface area contributed by atoms with Crippen molar-refractivity contribution in [1.82, 2.24) is 0 Å². The Hall–Kier alpha value is -0.870. The third-order valence-corrected chi connectivity index (χ3v) is 16.9. The Balaban J connectivity index is 1.19. The summed E-state index contributed by atoms with van der Waals surface area (Å²) in [5, 5.41) is 23.4. The smallest absolute Gasteiger partial charge is 0.306 e. The Labute approximate surface area is 296 Å². The summed E-state index contributed by atoms with van der Waals surface area (Å²) in [6.45, 7) is 21.5. The van der Waals surface area contributed by atoms with E-state index in [1.165, 1.54) is 89.0 Å². The molecule has 48 heavy (non-hydrogen) atoms. The molecular weight excluding hydrogens is 592 g/mol. The number of fused-ring (bicyclic) bond motifs is 7. The molecule has 4 heteroatoms. The fourth-order valence-corrected chi connectivity index (χ4v) is 13.7. The summed E-state index contributed by atoms with van der Waals surface area (Å²) < 4.78 is 6.37. The SMILES string of the molecule is CCCCCCCCCCCCCC(=O)OC1CCC2(C)C(CCC3(C)C2CCC2C4C(C)C(C)=CC(O)C4(C)C(O)CC23C)C1(C)C. The summed E-state index contributed by atoms with van der Waals surface area (Å²) in [6.07, 6.45) is 23.4. The van der Waals surface area contributed by atoms with Gasteiger partial charge in [-0.1, -0.05) is 131 Å². The fraction of sp³-hybridized carbons (Fsp3) is 0.932. The van der Waals surface area contributed by atoms with Gasteiger partial charge in [-0.25, -0.2) is 0 Å². The molecule has 5 aliphatic rings. The number of esters is 1. The van der Waals surface area contributed by atoms with Crippen molar-refractivity contribution < 1.29 is 19.7 Å². The third kappa shape index (κ3) is 6.41. The van der Waals surface area contributed by atoms with E-state index in [4.69, 9.17) is 4.74 Å². The minimum absolute atomic E-state index is 0.00335. The zero-order chi connectivity index (χ0) is 35.1. The summed E-state index contributed by atoms with van der Waals surface area (Å²) in [6, 6.07) is 0. The molecular formula is C44H76O4. The first kappa shape index (κ1) is 38.4. The highest BCUT2D eigenvalue weighted by Gasteiger charge is 2.72. The van der Waals surface area contributed by atoms with Crippen LogP contribution in [0.3, 0.4) is 0 Å². The van der Waals surface area contributed by atoms with Gasteiger partial charge in [-0.05, 0) is 104 Å². The van der Waals surface area contributed by atoms with Gasteiger partial charge in [-0.2, -0.15) is 0 Å². The lowest BCUT2D eigenvalue weighted by Gasteiger charge is -2.74. The van der Waals surface area contributed by atoms with Crippen molar-refractivity contribution in [3.63, 3.8) is 0 Å². The van der Waals surface area contributed by atoms with Crippen LogP contribution in [0.1, 0.15) is 184 Å². The number of aliphatic hydroxyl groups is 2. The van der Waals surface area contributed by atoms with Gasteiger partial charge in [0.15, 0.2) is 0 Å². The first-order valence-corrected chi connectivity index (χ1v) is 20.8. The Morgan fingerprint density at radius 3 is 2.02 bits per heavy atom. The standard InChI is InChI=1S/C44H76O4/c1-10-11-12-13-14-15-16-17-18-19-20-21-38(47)48-37-25-26-41(6)33(40(37,4)5)24-27-42(7)34(41)23-22-32-39-31(3)30(2)28-35(45)44(39,9)36(46)29-43(32,42)8/h28,31-37,39,45-46H,10-27,29H2,1-9H3. The van der Waals surface area contributed by atoms with E-state index in [0.717, 1.165) is 32.1 Å². The molecule has 12 unspecified atom stereocenters. The fourth-order valence-electron chi connectivity index (χ4n) is 13.7. The number of hydrogen-bond donors (Lipinski definition) is 2. The van der Waals surface area contributed by atoms with E-state index in [1.54, 1.807) is 0 Å². The third-order valence-electron chi connectivity index (χ3n) is 16.9. The van der Waals surface area contributed by atoms with Gasteiger partial charge in [-0.3, -0.25) is 4.79 Å². The zero-order valence-electron chi connectivity index (χ0n) is 32.8. The predicted octanol–water partition coefficient (Wildman–Crippen LogP) is 11.2. The number of hydrogen-bond acceptors (Lipinski definition) is 4. The van der Waals surface area contributed by atoms with Crippen molar-refractivity contribution in [3.8, 4) is 0 Å². The molecule has 0 aromatic carbocycles. The van der Waals surface area contributed by atoms with Crippen LogP contribution in [0.5, 0.6) is 0 Å². The van der Waals surface area contributed by atoms with Crippen LogP contribution < -0.4 is 0 Å². The van der Waals surface area contributed by atoms with E-state index < -0.39 is 17.6 Å². The molecule has 0 heterocycles. The molecule has 4 saturated carbocycles. The number of carbonyl (C=O) groups excluding carboxylic acids is 1. The van der Waals surface area contributed by atoms with Crippen LogP contribution in [-0.2, 0) is 9.53 Å². The van der Waals surface area contributed by atoms with Crippen LogP contribution in [0.25, 0.3) is 0 Å². The van der Waals surface area contributed by atoms with Crippen LogP contribution in [0, 0.1) is 56.7 Å². The summed E-state index contributed by atoms with van der Waals surface area (Å²) >= 11 is 0. The van der Waals surface area contributed by atoms with Gasteiger partial charge in [0.1, 0.15) is 6.10 Å². The van der Waals surface area contributed by atoms with Gasteiger partial charge in [0, 0.05) is 17.3 Å². The van der Waals surface area contributed by atoms with Gasteiger partial charge < -0.3 is 14.9 Å². The van der Waals surface area contributed by atoms with Crippen molar-refractivity contribution in [2.24, 2.45) is 56.7 Å². The predicted molar refractivity (Wildman–Crippen MR) is 198 cm³/mol. The van der Waals surface area contributed by atoms with Crippen LogP contribution in [0.2, 0.25) is 0 Å². The lowest BCUT2D eigenvalue weighted by atomic mass is 9.31. The van der Waals surface area contributed by atoms with Crippen LogP contribution in [-0.4, -0.2) is 34.5 Å². The molecule has 0 radical (unpaired) electrons. The highest BCUT2D eigenvalue weighted by atomic mass is 16.5. The lowest BCUT2D eigenvalue weighted by Crippen LogP contribution is -2.70. The van der Waals surface area contributed by atoms with E-state index in [0.29, 0.717) is 36.0 Å². The summed E-state index contributed by atoms with van der Waals surface area (Å²) in [4.78, 5) is 13.2. The van der Waals surface area contributed by atoms with E-state index in [1.807, 2.05) is 6.08 Å². The van der Waals surface area contributed by atoms with Gasteiger partial charge in [0.25, 0.3) is 0 Å². The molecule has 0 aromatic heterocycles. The molecule has 12 atom stereocenters. The molecule has 0 spiro atoms. The van der Waals surface area contributed by atoms with Gasteiger partial charge >= 0.3 is 5.97 Å². The summed E-state index contributed by atoms with van der Waals surface area (Å²) in [7, 11) is 0. The molecule has 4 fully saturated rings. The molecule has 0 amide bonds. The van der Waals surface area contributed by atoms with Crippen molar-refractivity contribution in [3.05, 3.63) is 11.6 Å². The quantitative estimate of drug-likeness (QED) is 0.116. The van der Waals surface area contributed by atoms with E-state index >= 15 is 0 Å². The Kier molecular flexibility index (Phi) is 11.7. The van der Waals surface area contributed by atoms with Gasteiger partial charge in [-0.15, -0.1) is 0 Å². The van der Waals surface area contributed by atoms with Crippen molar-refractivity contribution >= 4 is 5.97 Å². The average Bonchev–Trinajstić information content (AvgIpc) is 3.01. The second-order valence-corrected chi connectivity index (χ2v) is 19.5. The zero-order valence-corrected chi connectivity index (χ0v) is 32.8. The van der Waals surface area contributed by atoms with Gasteiger partial charge in [0.05, 0.1) is 12.2 Å². The normalized spacial score (nSPS) is 44.9. The summed E-state index contributed by atoms with van der Waals surface area (Å²) in [5.41, 5.74) is 1.13. The molecule has 5 rings (SSSR count). The van der Waals surface area contributed by atoms with Crippen LogP contribution in [0.4, 0.5) is 0 Å². The van der Waals surface area contributed by atoms with E-state index in [2.05, 4.69) is 62.3 Å². The molecule has 276 valence electrons. The monoisotopic (exact) mass is 669 g/mol. The number of aliphatic hydroxyl groups excluding tert-OH is 2. The van der Waals surface area contributed by atoms with Crippen LogP contribution >= 0.6 is 0 Å². The highest BCUT2D eigenvalue weighted by molar-refractivity contribution is 5.69. The maximum Gasteiger partial charge on any atom is 0.306 e. The molecule has 2 N–H and O–H groups in total. The van der Waals surface area contributed by atoms with Crippen LogP contribution in [0.15, 0.2) is 11.6 Å². The maximum absolute atomic E-state index is 13.2. The Bertz CT molecular complexity index is 1140. The Morgan fingerprint density at radius 1 is 0.792 bits per heavy atom. The molecule has 0 bridgehead atoms. The second kappa shape index (κ2) is 14.6. The van der Waals surface area contributed by atoms with Crippen molar-refractivity contribution in [2.45, 2.75) is 203 Å². The van der Waals surface area contributed by atoms with E-state index in [9.17, 15) is 15.0 Å². The number of carbonyl (C=O) groups is 1. The number of unbranched alkanes of at least 4 members (excludes halogenated alkanes) is 10. The molecule has 0 saturated heterocycles. The minimum Gasteiger partial charge on any atom is -0.462 e. The van der Waals surface area contributed by atoms with Crippen molar-refractivity contribution in [1.29, 1.82) is 0 Å². The average molecular weight is 669 g/mol. The lowest BCUT2D eigenvalue weighted by molar-refractivity contribution is -0.276. The molecule has 0 aromatic rings. The first-order valence-electron chi connectivity index (χ1n) is 20.8. The van der Waals surface area contributed by atoms with Crippen molar-refractivity contribution in [2.75, 3.05) is 0 Å².